The van der Waals surface area contributed by atoms with Gasteiger partial charge in [-0.3, -0.25) is 9.20 Å². The molecule has 1 aromatic carbocycles. The van der Waals surface area contributed by atoms with Crippen LogP contribution in [0.15, 0.2) is 33.8 Å². The van der Waals surface area contributed by atoms with Crippen LogP contribution >= 0.6 is 11.6 Å². The Bertz CT molecular complexity index is 1270. The van der Waals surface area contributed by atoms with Gasteiger partial charge in [-0.2, -0.15) is 4.98 Å². The highest BCUT2D eigenvalue weighted by Crippen LogP contribution is 2.44. The predicted octanol–water partition coefficient (Wildman–Crippen LogP) is 2.91. The van der Waals surface area contributed by atoms with Gasteiger partial charge in [-0.05, 0) is 44.9 Å². The Morgan fingerprint density at radius 1 is 1.30 bits per heavy atom. The number of hydrogen-bond donors (Lipinski definition) is 1. The van der Waals surface area contributed by atoms with Crippen molar-refractivity contribution in [1.82, 2.24) is 24.1 Å². The number of halogens is 1. The molecule has 0 aliphatic heterocycles. The maximum absolute atomic E-state index is 13.3. The molecule has 0 atom stereocenters. The van der Waals surface area contributed by atoms with Crippen LogP contribution in [0.1, 0.15) is 38.6 Å². The van der Waals surface area contributed by atoms with Crippen molar-refractivity contribution in [2.75, 3.05) is 0 Å². The maximum Gasteiger partial charge on any atom is 0.278 e. The third-order valence-corrected chi connectivity index (χ3v) is 5.16. The number of imidazole rings is 1. The molecule has 4 aromatic rings. The number of aliphatic hydroxyl groups is 1. The van der Waals surface area contributed by atoms with Crippen LogP contribution in [0.5, 0.6) is 0 Å². The lowest BCUT2D eigenvalue weighted by Gasteiger charge is -2.15. The molecule has 0 unspecified atom stereocenters. The Morgan fingerprint density at radius 3 is 2.78 bits per heavy atom. The van der Waals surface area contributed by atoms with Gasteiger partial charge < -0.3 is 14.2 Å². The van der Waals surface area contributed by atoms with Crippen molar-refractivity contribution in [3.63, 3.8) is 0 Å². The SMILES string of the molecule is CC(C)n1c(=O)c2c(-c3noc(C4(O)CC4)n3)ncn2c2ccc(Cl)cc21. The first kappa shape index (κ1) is 16.5. The second-order valence-corrected chi connectivity index (χ2v) is 7.60. The summed E-state index contributed by atoms with van der Waals surface area (Å²) in [6.07, 6.45) is 2.74. The molecule has 0 bridgehead atoms. The average molecular weight is 386 g/mol. The van der Waals surface area contributed by atoms with Crippen LogP contribution in [0.4, 0.5) is 0 Å². The van der Waals surface area contributed by atoms with Gasteiger partial charge in [0.05, 0.1) is 11.0 Å². The molecule has 1 aliphatic carbocycles. The smallest absolute Gasteiger partial charge is 0.278 e. The minimum absolute atomic E-state index is 0.0841. The van der Waals surface area contributed by atoms with E-state index in [1.165, 1.54) is 0 Å². The number of rotatable bonds is 3. The summed E-state index contributed by atoms with van der Waals surface area (Å²) in [5.41, 5.74) is 0.941. The van der Waals surface area contributed by atoms with Crippen LogP contribution in [0.25, 0.3) is 28.1 Å². The Labute approximate surface area is 158 Å². The third kappa shape index (κ3) is 2.33. The van der Waals surface area contributed by atoms with E-state index in [9.17, 15) is 9.90 Å². The molecule has 0 radical (unpaired) electrons. The van der Waals surface area contributed by atoms with E-state index < -0.39 is 5.60 Å². The summed E-state index contributed by atoms with van der Waals surface area (Å²) < 4.78 is 8.59. The highest BCUT2D eigenvalue weighted by Gasteiger charge is 2.48. The molecule has 3 aromatic heterocycles. The lowest BCUT2D eigenvalue weighted by Crippen LogP contribution is -2.24. The molecule has 1 N–H and O–H groups in total. The fourth-order valence-electron chi connectivity index (χ4n) is 3.37. The Morgan fingerprint density at radius 2 is 2.07 bits per heavy atom. The number of aromatic nitrogens is 5. The van der Waals surface area contributed by atoms with Crippen molar-refractivity contribution in [1.29, 1.82) is 0 Å². The predicted molar refractivity (Wildman–Crippen MR) is 98.8 cm³/mol. The molecular formula is C18H16ClN5O3. The van der Waals surface area contributed by atoms with E-state index in [4.69, 9.17) is 16.1 Å². The number of benzene rings is 1. The standard InChI is InChI=1S/C18H16ClN5O3/c1-9(2)24-12-7-10(19)3-4-11(12)23-8-20-13(14(23)16(24)25)15-21-17(27-22-15)18(26)5-6-18/h3-4,7-9,26H,5-6H2,1-2H3. The molecule has 1 aliphatic rings. The highest BCUT2D eigenvalue weighted by molar-refractivity contribution is 6.31. The third-order valence-electron chi connectivity index (χ3n) is 4.92. The monoisotopic (exact) mass is 385 g/mol. The lowest BCUT2D eigenvalue weighted by atomic mass is 10.2. The molecule has 3 heterocycles. The minimum Gasteiger partial charge on any atom is -0.380 e. The number of hydrogen-bond acceptors (Lipinski definition) is 6. The summed E-state index contributed by atoms with van der Waals surface area (Å²) in [4.78, 5) is 21.9. The molecule has 8 nitrogen and oxygen atoms in total. The largest absolute Gasteiger partial charge is 0.380 e. The molecule has 0 spiro atoms. The molecular weight excluding hydrogens is 370 g/mol. The first-order chi connectivity index (χ1) is 12.9. The summed E-state index contributed by atoms with van der Waals surface area (Å²) in [7, 11) is 0. The zero-order valence-electron chi connectivity index (χ0n) is 14.7. The van der Waals surface area contributed by atoms with Gasteiger partial charge in [-0.1, -0.05) is 16.8 Å². The molecule has 1 saturated carbocycles. The van der Waals surface area contributed by atoms with Crippen LogP contribution in [-0.2, 0) is 5.60 Å². The summed E-state index contributed by atoms with van der Waals surface area (Å²) in [6, 6.07) is 5.31. The number of nitrogens with zero attached hydrogens (tertiary/aromatic N) is 5. The fourth-order valence-corrected chi connectivity index (χ4v) is 3.54. The van der Waals surface area contributed by atoms with E-state index in [1.54, 1.807) is 27.4 Å². The highest BCUT2D eigenvalue weighted by atomic mass is 35.5. The van der Waals surface area contributed by atoms with Crippen LogP contribution < -0.4 is 5.56 Å². The van der Waals surface area contributed by atoms with Crippen molar-refractivity contribution < 1.29 is 9.63 Å². The zero-order valence-corrected chi connectivity index (χ0v) is 15.4. The van der Waals surface area contributed by atoms with Gasteiger partial charge in [0, 0.05) is 11.1 Å². The second kappa shape index (κ2) is 5.40. The topological polar surface area (TPSA) is 98.5 Å². The summed E-state index contributed by atoms with van der Waals surface area (Å²) >= 11 is 6.15. The first-order valence-electron chi connectivity index (χ1n) is 8.67. The molecule has 0 amide bonds. The fraction of sp³-hybridized carbons (Fsp3) is 0.333. The molecule has 1 fully saturated rings. The minimum atomic E-state index is -1.04. The van der Waals surface area contributed by atoms with Gasteiger partial charge in [0.15, 0.2) is 0 Å². The van der Waals surface area contributed by atoms with Crippen molar-refractivity contribution in [2.45, 2.75) is 38.3 Å². The summed E-state index contributed by atoms with van der Waals surface area (Å²) in [6.45, 7) is 3.87. The Balaban J connectivity index is 1.83. The quantitative estimate of drug-likeness (QED) is 0.582. The summed E-state index contributed by atoms with van der Waals surface area (Å²) in [5.74, 6) is 0.351. The first-order valence-corrected chi connectivity index (χ1v) is 9.04. The second-order valence-electron chi connectivity index (χ2n) is 7.17. The normalized spacial score (nSPS) is 15.9. The van der Waals surface area contributed by atoms with E-state index in [2.05, 4.69) is 15.1 Å². The van der Waals surface area contributed by atoms with Crippen molar-refractivity contribution in [3.8, 4) is 11.5 Å². The number of fused-ring (bicyclic) bond motifs is 3. The van der Waals surface area contributed by atoms with Crippen LogP contribution in [0, 0.1) is 0 Å². The Hall–Kier alpha value is -2.71. The van der Waals surface area contributed by atoms with Crippen LogP contribution in [0.2, 0.25) is 5.02 Å². The van der Waals surface area contributed by atoms with Gasteiger partial charge >= 0.3 is 0 Å². The Kier molecular flexibility index (Phi) is 3.29. The molecule has 0 saturated heterocycles. The molecule has 5 rings (SSSR count). The molecule has 9 heteroatoms. The van der Waals surface area contributed by atoms with E-state index in [0.717, 1.165) is 11.0 Å². The van der Waals surface area contributed by atoms with E-state index in [-0.39, 0.29) is 23.3 Å². The maximum atomic E-state index is 13.3. The molecule has 27 heavy (non-hydrogen) atoms. The van der Waals surface area contributed by atoms with E-state index >= 15 is 0 Å². The average Bonchev–Trinajstić information content (AvgIpc) is 3.05. The van der Waals surface area contributed by atoms with Gasteiger partial charge in [0.25, 0.3) is 11.4 Å². The lowest BCUT2D eigenvalue weighted by molar-refractivity contribution is 0.108. The zero-order chi connectivity index (χ0) is 18.9. The van der Waals surface area contributed by atoms with Gasteiger partial charge in [0.2, 0.25) is 5.82 Å². The van der Waals surface area contributed by atoms with Gasteiger partial charge in [-0.25, -0.2) is 4.98 Å². The van der Waals surface area contributed by atoms with Gasteiger partial charge in [0.1, 0.15) is 23.1 Å². The van der Waals surface area contributed by atoms with Crippen molar-refractivity contribution >= 4 is 28.2 Å². The van der Waals surface area contributed by atoms with Crippen LogP contribution in [-0.4, -0.2) is 29.2 Å². The van der Waals surface area contributed by atoms with Gasteiger partial charge in [-0.15, -0.1) is 0 Å². The van der Waals surface area contributed by atoms with E-state index in [0.29, 0.717) is 29.1 Å². The molecule has 138 valence electrons. The van der Waals surface area contributed by atoms with Crippen LogP contribution in [0.3, 0.4) is 0 Å². The van der Waals surface area contributed by atoms with Crippen molar-refractivity contribution in [2.24, 2.45) is 0 Å². The summed E-state index contributed by atoms with van der Waals surface area (Å²) in [5, 5.41) is 14.6. The van der Waals surface area contributed by atoms with Crippen molar-refractivity contribution in [3.05, 3.63) is 45.8 Å². The van der Waals surface area contributed by atoms with E-state index in [1.807, 2.05) is 19.9 Å².